The summed E-state index contributed by atoms with van der Waals surface area (Å²) in [5, 5.41) is 17.0. The topological polar surface area (TPSA) is 71.3 Å². The van der Waals surface area contributed by atoms with Gasteiger partial charge in [0.15, 0.2) is 0 Å². The average Bonchev–Trinajstić information content (AvgIpc) is 3.19. The zero-order valence-electron chi connectivity index (χ0n) is 18.7. The van der Waals surface area contributed by atoms with Crippen LogP contribution in [0.5, 0.6) is 5.75 Å². The van der Waals surface area contributed by atoms with Crippen LogP contribution in [0.2, 0.25) is 0 Å². The van der Waals surface area contributed by atoms with Gasteiger partial charge >= 0.3 is 0 Å². The molecule has 1 unspecified atom stereocenters. The highest BCUT2D eigenvalue weighted by Crippen LogP contribution is 2.21. The second-order valence-electron chi connectivity index (χ2n) is 7.97. The van der Waals surface area contributed by atoms with E-state index in [2.05, 4.69) is 15.6 Å². The molecule has 1 atom stereocenters. The highest BCUT2D eigenvalue weighted by atomic mass is 19.1. The molecule has 0 amide bonds. The van der Waals surface area contributed by atoms with E-state index in [-0.39, 0.29) is 5.82 Å². The summed E-state index contributed by atoms with van der Waals surface area (Å²) in [6.45, 7) is 2.16. The maximum atomic E-state index is 13.3. The number of aliphatic hydroxyl groups excluding tert-OH is 1. The normalized spacial score (nSPS) is 12.1. The molecule has 0 aliphatic heterocycles. The molecule has 4 aromatic rings. The second-order valence-corrected chi connectivity index (χ2v) is 7.97. The van der Waals surface area contributed by atoms with Crippen LogP contribution in [0.3, 0.4) is 0 Å². The number of benzene rings is 3. The first-order valence-electron chi connectivity index (χ1n) is 11.1. The summed E-state index contributed by atoms with van der Waals surface area (Å²) in [7, 11) is 1.66. The summed E-state index contributed by atoms with van der Waals surface area (Å²) in [4.78, 5) is 4.68. The molecule has 0 radical (unpaired) electrons. The van der Waals surface area contributed by atoms with Gasteiger partial charge in [-0.15, -0.1) is 0 Å². The van der Waals surface area contributed by atoms with Crippen molar-refractivity contribution >= 4 is 17.0 Å². The van der Waals surface area contributed by atoms with Crippen LogP contribution < -0.4 is 15.4 Å². The van der Waals surface area contributed by atoms with E-state index in [0.29, 0.717) is 25.6 Å². The molecule has 0 spiro atoms. The maximum absolute atomic E-state index is 13.3. The van der Waals surface area contributed by atoms with Crippen LogP contribution in [0, 0.1) is 5.82 Å². The lowest BCUT2D eigenvalue weighted by Gasteiger charge is -2.15. The van der Waals surface area contributed by atoms with E-state index >= 15 is 0 Å². The summed E-state index contributed by atoms with van der Waals surface area (Å²) >= 11 is 0. The van der Waals surface area contributed by atoms with Gasteiger partial charge in [-0.3, -0.25) is 0 Å². The third-order valence-electron chi connectivity index (χ3n) is 5.53. The maximum Gasteiger partial charge on any atom is 0.204 e. The minimum absolute atomic E-state index is 0.254. The van der Waals surface area contributed by atoms with Crippen LogP contribution >= 0.6 is 0 Å². The number of aliphatic hydroxyl groups is 1. The molecule has 0 aliphatic carbocycles. The molecule has 1 aromatic heterocycles. The van der Waals surface area contributed by atoms with Crippen LogP contribution in [0.25, 0.3) is 11.0 Å². The summed E-state index contributed by atoms with van der Waals surface area (Å²) in [5.74, 6) is 1.27. The van der Waals surface area contributed by atoms with Gasteiger partial charge in [-0.1, -0.05) is 36.4 Å². The fourth-order valence-electron chi connectivity index (χ4n) is 3.72. The quantitative estimate of drug-likeness (QED) is 0.304. The molecule has 0 saturated carbocycles. The number of methoxy groups -OCH3 is 1. The predicted octanol–water partition coefficient (Wildman–Crippen LogP) is 3.84. The SMILES string of the molecule is COc1ccc(CCNCC(O)CNc2nc3ccccc3n2Cc2ccc(F)cc2)cc1. The molecular formula is C26H29FN4O2. The third kappa shape index (κ3) is 6.09. The Morgan fingerprint density at radius 3 is 2.45 bits per heavy atom. The Hall–Kier alpha value is -3.42. The fraction of sp³-hybridized carbons (Fsp3) is 0.269. The van der Waals surface area contributed by atoms with Gasteiger partial charge in [0.1, 0.15) is 11.6 Å². The highest BCUT2D eigenvalue weighted by Gasteiger charge is 2.12. The van der Waals surface area contributed by atoms with Crippen molar-refractivity contribution in [2.75, 3.05) is 32.1 Å². The van der Waals surface area contributed by atoms with Gasteiger partial charge in [0.2, 0.25) is 5.95 Å². The summed E-state index contributed by atoms with van der Waals surface area (Å²) in [6.07, 6.45) is 0.303. The number of ether oxygens (including phenoxy) is 1. The Kier molecular flexibility index (Phi) is 7.55. The van der Waals surface area contributed by atoms with Gasteiger partial charge < -0.3 is 25.0 Å². The number of nitrogens with one attached hydrogen (secondary N) is 2. The lowest BCUT2D eigenvalue weighted by Crippen LogP contribution is -2.33. The summed E-state index contributed by atoms with van der Waals surface area (Å²) in [6, 6.07) is 22.3. The van der Waals surface area contributed by atoms with Crippen molar-refractivity contribution in [3.05, 3.63) is 89.7 Å². The van der Waals surface area contributed by atoms with E-state index < -0.39 is 6.10 Å². The predicted molar refractivity (Wildman–Crippen MR) is 129 cm³/mol. The van der Waals surface area contributed by atoms with Crippen molar-refractivity contribution in [2.24, 2.45) is 0 Å². The Labute approximate surface area is 193 Å². The van der Waals surface area contributed by atoms with Crippen molar-refractivity contribution in [2.45, 2.75) is 19.1 Å². The van der Waals surface area contributed by atoms with Gasteiger partial charge in [0, 0.05) is 13.1 Å². The molecule has 0 saturated heterocycles. The standard InChI is InChI=1S/C26H29FN4O2/c1-33-23-12-8-19(9-13-23)14-15-28-16-22(32)17-29-26-30-24-4-2-3-5-25(24)31(26)18-20-6-10-21(27)11-7-20/h2-13,22,28,32H,14-18H2,1H3,(H,29,30). The monoisotopic (exact) mass is 448 g/mol. The fourth-order valence-corrected chi connectivity index (χ4v) is 3.72. The van der Waals surface area contributed by atoms with Gasteiger partial charge in [-0.25, -0.2) is 9.37 Å². The average molecular weight is 449 g/mol. The van der Waals surface area contributed by atoms with Gasteiger partial charge in [-0.05, 0) is 60.5 Å². The van der Waals surface area contributed by atoms with Crippen molar-refractivity contribution < 1.29 is 14.2 Å². The summed E-state index contributed by atoms with van der Waals surface area (Å²) < 4.78 is 20.5. The highest BCUT2D eigenvalue weighted by molar-refractivity contribution is 5.78. The summed E-state index contributed by atoms with van der Waals surface area (Å²) in [5.41, 5.74) is 4.04. The lowest BCUT2D eigenvalue weighted by molar-refractivity contribution is 0.184. The number of nitrogens with zero attached hydrogens (tertiary/aromatic N) is 2. The molecule has 7 heteroatoms. The first-order valence-corrected chi connectivity index (χ1v) is 11.1. The van der Waals surface area contributed by atoms with Gasteiger partial charge in [-0.2, -0.15) is 0 Å². The minimum atomic E-state index is -0.569. The van der Waals surface area contributed by atoms with Crippen molar-refractivity contribution in [3.8, 4) is 5.75 Å². The van der Waals surface area contributed by atoms with E-state index in [4.69, 9.17) is 4.74 Å². The zero-order chi connectivity index (χ0) is 23.0. The van der Waals surface area contributed by atoms with E-state index in [9.17, 15) is 9.50 Å². The van der Waals surface area contributed by atoms with Gasteiger partial charge in [0.25, 0.3) is 0 Å². The zero-order valence-corrected chi connectivity index (χ0v) is 18.7. The van der Waals surface area contributed by atoms with Gasteiger partial charge in [0.05, 0.1) is 30.8 Å². The van der Waals surface area contributed by atoms with Crippen LogP contribution in [-0.4, -0.2) is 47.5 Å². The van der Waals surface area contributed by atoms with E-state index in [1.54, 1.807) is 19.2 Å². The lowest BCUT2D eigenvalue weighted by atomic mass is 10.1. The number of halogens is 1. The Bertz CT molecular complexity index is 1160. The van der Waals surface area contributed by atoms with Crippen LogP contribution in [0.4, 0.5) is 10.3 Å². The van der Waals surface area contributed by atoms with Crippen LogP contribution in [-0.2, 0) is 13.0 Å². The van der Waals surface area contributed by atoms with Crippen LogP contribution in [0.15, 0.2) is 72.8 Å². The molecule has 1 heterocycles. The smallest absolute Gasteiger partial charge is 0.204 e. The number of imidazole rings is 1. The largest absolute Gasteiger partial charge is 0.497 e. The number of hydrogen-bond donors (Lipinski definition) is 3. The molecule has 172 valence electrons. The Morgan fingerprint density at radius 1 is 0.970 bits per heavy atom. The number of hydrogen-bond acceptors (Lipinski definition) is 5. The molecule has 0 bridgehead atoms. The molecule has 0 fully saturated rings. The molecule has 3 N–H and O–H groups in total. The molecule has 33 heavy (non-hydrogen) atoms. The van der Waals surface area contributed by atoms with Crippen LogP contribution in [0.1, 0.15) is 11.1 Å². The van der Waals surface area contributed by atoms with Crippen molar-refractivity contribution in [1.29, 1.82) is 0 Å². The number of anilines is 1. The van der Waals surface area contributed by atoms with E-state index in [0.717, 1.165) is 35.3 Å². The molecule has 3 aromatic carbocycles. The number of aromatic nitrogens is 2. The van der Waals surface area contributed by atoms with E-state index in [1.807, 2.05) is 53.1 Å². The Morgan fingerprint density at radius 2 is 1.70 bits per heavy atom. The minimum Gasteiger partial charge on any atom is -0.497 e. The molecule has 0 aliphatic rings. The Balaban J connectivity index is 1.31. The molecule has 6 nitrogen and oxygen atoms in total. The van der Waals surface area contributed by atoms with Crippen molar-refractivity contribution in [3.63, 3.8) is 0 Å². The number of rotatable bonds is 11. The van der Waals surface area contributed by atoms with E-state index in [1.165, 1.54) is 17.7 Å². The third-order valence-corrected chi connectivity index (χ3v) is 5.53. The van der Waals surface area contributed by atoms with Crippen molar-refractivity contribution in [1.82, 2.24) is 14.9 Å². The second kappa shape index (κ2) is 10.9. The first kappa shape index (κ1) is 22.8. The first-order chi connectivity index (χ1) is 16.1. The number of para-hydroxylation sites is 2. The number of fused-ring (bicyclic) bond motifs is 1. The molecular weight excluding hydrogens is 419 g/mol. The molecule has 4 rings (SSSR count).